The molecule has 2 aromatic heterocycles. The summed E-state index contributed by atoms with van der Waals surface area (Å²) in [5.41, 5.74) is 0. The Morgan fingerprint density at radius 2 is 2.16 bits per heavy atom. The summed E-state index contributed by atoms with van der Waals surface area (Å²) in [5, 5.41) is 13.0. The Labute approximate surface area is 117 Å². The van der Waals surface area contributed by atoms with Gasteiger partial charge < -0.3 is 5.11 Å². The summed E-state index contributed by atoms with van der Waals surface area (Å²) in [6.07, 6.45) is 2.12. The van der Waals surface area contributed by atoms with Crippen molar-refractivity contribution in [3.63, 3.8) is 0 Å². The Balaban J connectivity index is 2.06. The maximum absolute atomic E-state index is 12.0. The van der Waals surface area contributed by atoms with E-state index in [0.717, 1.165) is 16.3 Å². The molecule has 2 heterocycles. The Kier molecular flexibility index (Phi) is 4.30. The molecule has 0 spiro atoms. The number of carboxylic acid groups (broad SMARTS) is 1. The minimum Gasteiger partial charge on any atom is -0.477 e. The number of carbonyl (C=O) groups is 1. The van der Waals surface area contributed by atoms with Crippen LogP contribution in [0.2, 0.25) is 0 Å². The number of rotatable bonds is 6. The lowest BCUT2D eigenvalue weighted by Crippen LogP contribution is -2.26. The lowest BCUT2D eigenvalue weighted by Gasteiger charge is -2.05. The summed E-state index contributed by atoms with van der Waals surface area (Å²) in [6.45, 7) is 0.185. The van der Waals surface area contributed by atoms with Gasteiger partial charge in [-0.05, 0) is 11.4 Å². The van der Waals surface area contributed by atoms with E-state index in [1.54, 1.807) is 6.20 Å². The van der Waals surface area contributed by atoms with Crippen molar-refractivity contribution < 1.29 is 18.3 Å². The van der Waals surface area contributed by atoms with Gasteiger partial charge >= 0.3 is 5.97 Å². The molecule has 0 saturated heterocycles. The number of aromatic carboxylic acids is 1. The second-order valence-electron chi connectivity index (χ2n) is 3.49. The molecule has 2 aromatic rings. The van der Waals surface area contributed by atoms with Gasteiger partial charge in [-0.15, -0.1) is 22.7 Å². The van der Waals surface area contributed by atoms with Crippen LogP contribution in [0.25, 0.3) is 0 Å². The lowest BCUT2D eigenvalue weighted by atomic mass is 10.5. The summed E-state index contributed by atoms with van der Waals surface area (Å²) in [6, 6.07) is 1.29. The number of nitrogens with one attached hydrogen (secondary N) is 1. The van der Waals surface area contributed by atoms with E-state index in [-0.39, 0.29) is 16.3 Å². The van der Waals surface area contributed by atoms with Crippen LogP contribution in [0.3, 0.4) is 0 Å². The molecule has 0 atom stereocenters. The van der Waals surface area contributed by atoms with Gasteiger partial charge in [-0.25, -0.2) is 22.9 Å². The summed E-state index contributed by atoms with van der Waals surface area (Å²) in [5.74, 6) is -1.24. The van der Waals surface area contributed by atoms with Crippen LogP contribution in [-0.4, -0.2) is 31.0 Å². The van der Waals surface area contributed by atoms with Gasteiger partial charge in [-0.3, -0.25) is 0 Å². The Hall–Kier alpha value is -1.29. The fraction of sp³-hybridized carbons (Fsp3) is 0.200. The molecule has 0 fully saturated rings. The van der Waals surface area contributed by atoms with Crippen molar-refractivity contribution in [2.75, 3.05) is 6.54 Å². The molecule has 0 unspecified atom stereocenters. The van der Waals surface area contributed by atoms with Crippen molar-refractivity contribution in [1.82, 2.24) is 9.71 Å². The predicted molar refractivity (Wildman–Crippen MR) is 72.3 cm³/mol. The molecule has 0 bridgehead atoms. The lowest BCUT2D eigenvalue weighted by molar-refractivity contribution is 0.0698. The molecular formula is C10H10N2O4S3. The molecule has 6 nitrogen and oxygen atoms in total. The average Bonchev–Trinajstić information content (AvgIpc) is 2.99. The maximum Gasteiger partial charge on any atom is 0.347 e. The van der Waals surface area contributed by atoms with Gasteiger partial charge in [0.15, 0.2) is 0 Å². The SMILES string of the molecule is O=C(O)c1sccc1S(=O)(=O)NCCc1nccs1. The highest BCUT2D eigenvalue weighted by Gasteiger charge is 2.23. The first-order valence-electron chi connectivity index (χ1n) is 5.19. The van der Waals surface area contributed by atoms with Crippen LogP contribution in [0.1, 0.15) is 14.7 Å². The van der Waals surface area contributed by atoms with E-state index in [4.69, 9.17) is 5.11 Å². The molecule has 0 aliphatic heterocycles. The minimum atomic E-state index is -3.79. The van der Waals surface area contributed by atoms with Crippen molar-refractivity contribution in [3.8, 4) is 0 Å². The smallest absolute Gasteiger partial charge is 0.347 e. The topological polar surface area (TPSA) is 96.4 Å². The Morgan fingerprint density at radius 3 is 2.79 bits per heavy atom. The monoisotopic (exact) mass is 318 g/mol. The van der Waals surface area contributed by atoms with Crippen LogP contribution in [0, 0.1) is 0 Å². The van der Waals surface area contributed by atoms with Crippen LogP contribution < -0.4 is 4.72 Å². The highest BCUT2D eigenvalue weighted by molar-refractivity contribution is 7.89. The van der Waals surface area contributed by atoms with Crippen molar-refractivity contribution in [3.05, 3.63) is 32.9 Å². The highest BCUT2D eigenvalue weighted by atomic mass is 32.2. The van der Waals surface area contributed by atoms with Gasteiger partial charge in [0.2, 0.25) is 10.0 Å². The number of nitrogens with zero attached hydrogens (tertiary/aromatic N) is 1. The maximum atomic E-state index is 12.0. The zero-order valence-electron chi connectivity index (χ0n) is 9.57. The van der Waals surface area contributed by atoms with E-state index in [1.165, 1.54) is 22.8 Å². The molecular weight excluding hydrogens is 308 g/mol. The molecule has 19 heavy (non-hydrogen) atoms. The molecule has 0 aliphatic carbocycles. The second kappa shape index (κ2) is 5.78. The highest BCUT2D eigenvalue weighted by Crippen LogP contribution is 2.21. The third kappa shape index (κ3) is 3.38. The number of hydrogen-bond acceptors (Lipinski definition) is 6. The average molecular weight is 318 g/mol. The third-order valence-corrected chi connectivity index (χ3v) is 5.60. The van der Waals surface area contributed by atoms with E-state index >= 15 is 0 Å². The number of thiazole rings is 1. The molecule has 2 N–H and O–H groups in total. The van der Waals surface area contributed by atoms with E-state index in [0.29, 0.717) is 6.42 Å². The van der Waals surface area contributed by atoms with E-state index in [1.807, 2.05) is 5.38 Å². The van der Waals surface area contributed by atoms with Gasteiger partial charge in [0.25, 0.3) is 0 Å². The second-order valence-corrected chi connectivity index (χ2v) is 7.12. The Bertz CT molecular complexity index is 661. The van der Waals surface area contributed by atoms with Crippen LogP contribution >= 0.6 is 22.7 Å². The molecule has 9 heteroatoms. The van der Waals surface area contributed by atoms with Gasteiger partial charge in [-0.2, -0.15) is 0 Å². The van der Waals surface area contributed by atoms with Crippen LogP contribution in [0.5, 0.6) is 0 Å². The predicted octanol–water partition coefficient (Wildman–Crippen LogP) is 1.42. The molecule has 102 valence electrons. The van der Waals surface area contributed by atoms with Gasteiger partial charge in [0.1, 0.15) is 9.77 Å². The van der Waals surface area contributed by atoms with Gasteiger partial charge in [-0.1, -0.05) is 0 Å². The van der Waals surface area contributed by atoms with E-state index in [2.05, 4.69) is 9.71 Å². The zero-order chi connectivity index (χ0) is 13.9. The molecule has 0 saturated carbocycles. The third-order valence-electron chi connectivity index (χ3n) is 2.23. The number of carboxylic acids is 1. The van der Waals surface area contributed by atoms with Gasteiger partial charge in [0, 0.05) is 24.5 Å². The van der Waals surface area contributed by atoms with E-state index in [9.17, 15) is 13.2 Å². The van der Waals surface area contributed by atoms with Gasteiger partial charge in [0.05, 0.1) is 5.01 Å². The summed E-state index contributed by atoms with van der Waals surface area (Å²) < 4.78 is 26.3. The largest absolute Gasteiger partial charge is 0.477 e. The number of aromatic nitrogens is 1. The van der Waals surface area contributed by atoms with Crippen molar-refractivity contribution in [1.29, 1.82) is 0 Å². The Morgan fingerprint density at radius 1 is 1.37 bits per heavy atom. The first-order valence-corrected chi connectivity index (χ1v) is 8.44. The normalized spacial score (nSPS) is 11.6. The van der Waals surface area contributed by atoms with Crippen molar-refractivity contribution in [2.24, 2.45) is 0 Å². The summed E-state index contributed by atoms with van der Waals surface area (Å²) >= 11 is 2.33. The quantitative estimate of drug-likeness (QED) is 0.840. The number of thiophene rings is 1. The summed E-state index contributed by atoms with van der Waals surface area (Å²) in [7, 11) is -3.79. The number of sulfonamides is 1. The summed E-state index contributed by atoms with van der Waals surface area (Å²) in [4.78, 5) is 14.6. The molecule has 2 rings (SSSR count). The van der Waals surface area contributed by atoms with Crippen molar-refractivity contribution in [2.45, 2.75) is 11.3 Å². The zero-order valence-corrected chi connectivity index (χ0v) is 12.0. The first-order chi connectivity index (χ1) is 9.00. The fourth-order valence-corrected chi connectivity index (χ4v) is 4.32. The van der Waals surface area contributed by atoms with Crippen molar-refractivity contribution >= 4 is 38.7 Å². The fourth-order valence-electron chi connectivity index (χ4n) is 1.41. The molecule has 0 aromatic carbocycles. The van der Waals surface area contributed by atoms with Crippen LogP contribution in [-0.2, 0) is 16.4 Å². The van der Waals surface area contributed by atoms with Crippen LogP contribution in [0.4, 0.5) is 0 Å². The molecule has 0 aliphatic rings. The minimum absolute atomic E-state index is 0.179. The number of hydrogen-bond donors (Lipinski definition) is 2. The van der Waals surface area contributed by atoms with E-state index < -0.39 is 16.0 Å². The van der Waals surface area contributed by atoms with Crippen LogP contribution in [0.15, 0.2) is 27.9 Å². The molecule has 0 amide bonds. The first kappa shape index (κ1) is 14.1. The molecule has 0 radical (unpaired) electrons. The standard InChI is InChI=1S/C10H10N2O4S3/c13-10(14)9-7(2-5-18-9)19(15,16)12-3-1-8-11-4-6-17-8/h2,4-6,12H,1,3H2,(H,13,14).